The largest absolute Gasteiger partial charge is 0.508 e. The Labute approximate surface area is 148 Å². The molecule has 0 amide bonds. The van der Waals surface area contributed by atoms with E-state index < -0.39 is 0 Å². The normalized spacial score (nSPS) is 15.9. The highest BCUT2D eigenvalue weighted by Crippen LogP contribution is 2.43. The van der Waals surface area contributed by atoms with Crippen LogP contribution in [0.3, 0.4) is 0 Å². The van der Waals surface area contributed by atoms with Gasteiger partial charge in [0.15, 0.2) is 0 Å². The molecule has 0 aromatic heterocycles. The highest BCUT2D eigenvalue weighted by atomic mass is 16.5. The van der Waals surface area contributed by atoms with Crippen LogP contribution in [0.5, 0.6) is 23.0 Å². The number of phenolic OH excluding ortho intramolecular Hbond substituents is 2. The van der Waals surface area contributed by atoms with Gasteiger partial charge in [-0.05, 0) is 56.9 Å². The van der Waals surface area contributed by atoms with E-state index in [1.807, 2.05) is 32.0 Å². The summed E-state index contributed by atoms with van der Waals surface area (Å²) < 4.78 is 11.4. The predicted octanol–water partition coefficient (Wildman–Crippen LogP) is 4.68. The molecule has 3 rings (SSSR count). The summed E-state index contributed by atoms with van der Waals surface area (Å²) in [6.07, 6.45) is 4.07. The number of aryl methyl sites for hydroxylation is 1. The average molecular weight is 340 g/mol. The maximum Gasteiger partial charge on any atom is 0.130 e. The van der Waals surface area contributed by atoms with E-state index in [4.69, 9.17) is 9.47 Å². The van der Waals surface area contributed by atoms with Crippen LogP contribution in [0, 0.1) is 0 Å². The average Bonchev–Trinajstić information content (AvgIpc) is 2.60. The fourth-order valence-electron chi connectivity index (χ4n) is 3.14. The van der Waals surface area contributed by atoms with E-state index in [0.717, 1.165) is 35.3 Å². The molecule has 25 heavy (non-hydrogen) atoms. The summed E-state index contributed by atoms with van der Waals surface area (Å²) in [5.41, 5.74) is 3.83. The van der Waals surface area contributed by atoms with E-state index in [-0.39, 0.29) is 17.6 Å². The molecule has 0 unspecified atom stereocenters. The second kappa shape index (κ2) is 7.09. The van der Waals surface area contributed by atoms with Gasteiger partial charge in [0, 0.05) is 17.2 Å². The second-order valence-electron chi connectivity index (χ2n) is 6.61. The van der Waals surface area contributed by atoms with Crippen molar-refractivity contribution in [1.82, 2.24) is 0 Å². The molecule has 0 fully saturated rings. The summed E-state index contributed by atoms with van der Waals surface area (Å²) in [6.45, 7) is 4.07. The molecular weight excluding hydrogens is 316 g/mol. The van der Waals surface area contributed by atoms with Gasteiger partial charge in [-0.15, -0.1) is 0 Å². The number of phenols is 2. The van der Waals surface area contributed by atoms with Gasteiger partial charge in [0.25, 0.3) is 0 Å². The number of ether oxygens (including phenoxy) is 2. The molecule has 1 atom stereocenters. The van der Waals surface area contributed by atoms with Gasteiger partial charge in [-0.1, -0.05) is 17.7 Å². The molecule has 0 radical (unpaired) electrons. The van der Waals surface area contributed by atoms with Crippen molar-refractivity contribution in [3.8, 4) is 23.0 Å². The summed E-state index contributed by atoms with van der Waals surface area (Å²) in [7, 11) is 1.57. The maximum absolute atomic E-state index is 10.3. The van der Waals surface area contributed by atoms with Crippen molar-refractivity contribution < 1.29 is 19.7 Å². The molecule has 1 aliphatic rings. The van der Waals surface area contributed by atoms with E-state index >= 15 is 0 Å². The molecule has 1 heterocycles. The number of hydrogen-bond donors (Lipinski definition) is 2. The minimum Gasteiger partial charge on any atom is -0.508 e. The summed E-state index contributed by atoms with van der Waals surface area (Å²) in [5, 5.41) is 20.6. The van der Waals surface area contributed by atoms with Crippen molar-refractivity contribution in [2.75, 3.05) is 7.11 Å². The van der Waals surface area contributed by atoms with Crippen molar-refractivity contribution >= 4 is 0 Å². The summed E-state index contributed by atoms with van der Waals surface area (Å²) in [5.74, 6) is 1.76. The van der Waals surface area contributed by atoms with E-state index in [2.05, 4.69) is 6.08 Å². The Balaban J connectivity index is 1.94. The number of hydrogen-bond acceptors (Lipinski definition) is 4. The first-order valence-electron chi connectivity index (χ1n) is 8.50. The molecule has 132 valence electrons. The van der Waals surface area contributed by atoms with Gasteiger partial charge in [-0.3, -0.25) is 0 Å². The lowest BCUT2D eigenvalue weighted by Crippen LogP contribution is -2.16. The second-order valence-corrected chi connectivity index (χ2v) is 6.61. The van der Waals surface area contributed by atoms with Crippen LogP contribution in [-0.4, -0.2) is 17.3 Å². The standard InChI is InChI=1S/C21H24O4/c1-13(2)4-8-17-18(22)10-5-14-6-11-20(25-21(14)17)16-9-7-15(24-3)12-19(16)23/h4-5,7,9-10,12,20,22-23H,6,8,11H2,1-3H3/t20-/m1/s1. The van der Waals surface area contributed by atoms with E-state index in [9.17, 15) is 10.2 Å². The molecule has 0 bridgehead atoms. The Morgan fingerprint density at radius 1 is 1.20 bits per heavy atom. The molecule has 0 aliphatic carbocycles. The fraction of sp³-hybridized carbons (Fsp3) is 0.333. The van der Waals surface area contributed by atoms with Gasteiger partial charge in [0.2, 0.25) is 0 Å². The lowest BCUT2D eigenvalue weighted by Gasteiger charge is -2.29. The fourth-order valence-corrected chi connectivity index (χ4v) is 3.14. The third kappa shape index (κ3) is 3.58. The zero-order valence-corrected chi connectivity index (χ0v) is 14.9. The number of benzene rings is 2. The van der Waals surface area contributed by atoms with Crippen molar-refractivity contribution in [2.45, 2.75) is 39.2 Å². The van der Waals surface area contributed by atoms with Crippen LogP contribution in [0.15, 0.2) is 42.0 Å². The Bertz CT molecular complexity index is 804. The predicted molar refractivity (Wildman–Crippen MR) is 97.6 cm³/mol. The Morgan fingerprint density at radius 2 is 2.00 bits per heavy atom. The van der Waals surface area contributed by atoms with Crippen LogP contribution in [0.25, 0.3) is 0 Å². The monoisotopic (exact) mass is 340 g/mol. The number of aromatic hydroxyl groups is 2. The highest BCUT2D eigenvalue weighted by molar-refractivity contribution is 5.52. The molecule has 4 heteroatoms. The van der Waals surface area contributed by atoms with Crippen LogP contribution < -0.4 is 9.47 Å². The van der Waals surface area contributed by atoms with Crippen molar-refractivity contribution in [2.24, 2.45) is 0 Å². The zero-order valence-electron chi connectivity index (χ0n) is 14.9. The first-order valence-corrected chi connectivity index (χ1v) is 8.50. The van der Waals surface area contributed by atoms with Crippen LogP contribution in [0.4, 0.5) is 0 Å². The molecule has 2 N–H and O–H groups in total. The number of rotatable bonds is 4. The summed E-state index contributed by atoms with van der Waals surface area (Å²) in [6, 6.07) is 8.91. The van der Waals surface area contributed by atoms with Crippen molar-refractivity contribution in [1.29, 1.82) is 0 Å². The number of allylic oxidation sites excluding steroid dienone is 2. The van der Waals surface area contributed by atoms with Crippen molar-refractivity contribution in [3.63, 3.8) is 0 Å². The summed E-state index contributed by atoms with van der Waals surface area (Å²) >= 11 is 0. The Kier molecular flexibility index (Phi) is 4.88. The van der Waals surface area contributed by atoms with Gasteiger partial charge in [-0.2, -0.15) is 0 Å². The molecule has 2 aromatic rings. The minimum absolute atomic E-state index is 0.166. The zero-order chi connectivity index (χ0) is 18.0. The third-order valence-electron chi connectivity index (χ3n) is 4.55. The van der Waals surface area contributed by atoms with E-state index in [1.165, 1.54) is 5.57 Å². The van der Waals surface area contributed by atoms with Crippen LogP contribution in [0.1, 0.15) is 43.1 Å². The topological polar surface area (TPSA) is 58.9 Å². The van der Waals surface area contributed by atoms with E-state index in [0.29, 0.717) is 12.2 Å². The quantitative estimate of drug-likeness (QED) is 0.793. The Hall–Kier alpha value is -2.62. The minimum atomic E-state index is -0.245. The third-order valence-corrected chi connectivity index (χ3v) is 4.55. The SMILES string of the molecule is COc1ccc([C@H]2CCc3ccc(O)c(CC=C(C)C)c3O2)c(O)c1. The molecular formula is C21H24O4. The van der Waals surface area contributed by atoms with Crippen molar-refractivity contribution in [3.05, 3.63) is 58.7 Å². The van der Waals surface area contributed by atoms with Crippen LogP contribution in [0.2, 0.25) is 0 Å². The van der Waals surface area contributed by atoms with Gasteiger partial charge in [0.1, 0.15) is 29.1 Å². The van der Waals surface area contributed by atoms with E-state index in [1.54, 1.807) is 19.2 Å². The smallest absolute Gasteiger partial charge is 0.130 e. The van der Waals surface area contributed by atoms with Gasteiger partial charge in [0.05, 0.1) is 7.11 Å². The van der Waals surface area contributed by atoms with Crippen LogP contribution >= 0.6 is 0 Å². The maximum atomic E-state index is 10.3. The van der Waals surface area contributed by atoms with Gasteiger partial charge in [-0.25, -0.2) is 0 Å². The number of methoxy groups -OCH3 is 1. The van der Waals surface area contributed by atoms with Gasteiger partial charge < -0.3 is 19.7 Å². The van der Waals surface area contributed by atoms with Crippen LogP contribution in [-0.2, 0) is 12.8 Å². The first-order chi connectivity index (χ1) is 12.0. The lowest BCUT2D eigenvalue weighted by molar-refractivity contribution is 0.170. The molecule has 4 nitrogen and oxygen atoms in total. The molecule has 0 saturated heterocycles. The molecule has 1 aliphatic heterocycles. The molecule has 0 saturated carbocycles. The lowest BCUT2D eigenvalue weighted by atomic mass is 9.93. The first kappa shape index (κ1) is 17.2. The number of fused-ring (bicyclic) bond motifs is 1. The molecule has 0 spiro atoms. The highest BCUT2D eigenvalue weighted by Gasteiger charge is 2.26. The Morgan fingerprint density at radius 3 is 2.68 bits per heavy atom. The van der Waals surface area contributed by atoms with Gasteiger partial charge >= 0.3 is 0 Å². The molecule has 2 aromatic carbocycles. The summed E-state index contributed by atoms with van der Waals surface area (Å²) in [4.78, 5) is 0.